The minimum absolute atomic E-state index is 0.00375. The number of carbonyl (C=O) groups excluding carboxylic acids is 1. The molecule has 1 N–H and O–H groups in total. The van der Waals surface area contributed by atoms with Crippen LogP contribution in [0, 0.1) is 6.92 Å². The third-order valence-electron chi connectivity index (χ3n) is 3.35. The molecule has 2 rings (SSSR count). The average Bonchev–Trinajstić information content (AvgIpc) is 3.08. The molecule has 1 aromatic rings. The molecule has 1 aliphatic rings. The first-order valence-corrected chi connectivity index (χ1v) is 6.52. The van der Waals surface area contributed by atoms with Gasteiger partial charge in [-0.15, -0.1) is 0 Å². The molecule has 1 heterocycles. The Morgan fingerprint density at radius 2 is 2.28 bits per heavy atom. The molecule has 18 heavy (non-hydrogen) atoms. The van der Waals surface area contributed by atoms with Gasteiger partial charge >= 0.3 is 0 Å². The molecule has 5 heteroatoms. The number of aliphatic hydroxyl groups excluding tert-OH is 1. The van der Waals surface area contributed by atoms with Crippen molar-refractivity contribution in [3.05, 3.63) is 17.5 Å². The Bertz CT molecular complexity index is 435. The summed E-state index contributed by atoms with van der Waals surface area (Å²) >= 11 is 0. The second-order valence-corrected chi connectivity index (χ2v) is 5.14. The molecule has 100 valence electrons. The van der Waals surface area contributed by atoms with Gasteiger partial charge in [-0.3, -0.25) is 9.48 Å². The van der Waals surface area contributed by atoms with Crippen molar-refractivity contribution in [3.63, 3.8) is 0 Å². The molecule has 0 unspecified atom stereocenters. The first-order valence-electron chi connectivity index (χ1n) is 6.52. The highest BCUT2D eigenvalue weighted by Gasteiger charge is 2.33. The van der Waals surface area contributed by atoms with Crippen LogP contribution >= 0.6 is 0 Å². The van der Waals surface area contributed by atoms with Crippen LogP contribution in [-0.4, -0.2) is 44.9 Å². The van der Waals surface area contributed by atoms with Gasteiger partial charge in [0, 0.05) is 24.3 Å². The summed E-state index contributed by atoms with van der Waals surface area (Å²) in [5, 5.41) is 13.3. The largest absolute Gasteiger partial charge is 0.395 e. The van der Waals surface area contributed by atoms with E-state index >= 15 is 0 Å². The maximum Gasteiger partial charge on any atom is 0.257 e. The SMILES string of the molecule is Cc1c(C(=O)N(CCO)C2CC2)cnn1C(C)C. The van der Waals surface area contributed by atoms with Crippen LogP contribution in [0.3, 0.4) is 0 Å². The van der Waals surface area contributed by atoms with Crippen LogP contribution < -0.4 is 0 Å². The fourth-order valence-corrected chi connectivity index (χ4v) is 2.25. The summed E-state index contributed by atoms with van der Waals surface area (Å²) < 4.78 is 1.86. The van der Waals surface area contributed by atoms with E-state index in [0.717, 1.165) is 18.5 Å². The molecular formula is C13H21N3O2. The average molecular weight is 251 g/mol. The fourth-order valence-electron chi connectivity index (χ4n) is 2.25. The Hall–Kier alpha value is -1.36. The van der Waals surface area contributed by atoms with Gasteiger partial charge in [0.1, 0.15) is 0 Å². The molecule has 0 radical (unpaired) electrons. The normalized spacial score (nSPS) is 15.2. The summed E-state index contributed by atoms with van der Waals surface area (Å²) in [4.78, 5) is 14.2. The quantitative estimate of drug-likeness (QED) is 0.860. The third-order valence-corrected chi connectivity index (χ3v) is 3.35. The lowest BCUT2D eigenvalue weighted by atomic mass is 10.2. The second-order valence-electron chi connectivity index (χ2n) is 5.14. The van der Waals surface area contributed by atoms with Crippen molar-refractivity contribution in [3.8, 4) is 0 Å². The molecule has 0 saturated heterocycles. The van der Waals surface area contributed by atoms with Crippen molar-refractivity contribution < 1.29 is 9.90 Å². The number of aromatic nitrogens is 2. The molecule has 1 amide bonds. The van der Waals surface area contributed by atoms with Gasteiger partial charge in [-0.25, -0.2) is 0 Å². The zero-order valence-electron chi connectivity index (χ0n) is 11.3. The smallest absolute Gasteiger partial charge is 0.257 e. The number of carbonyl (C=O) groups is 1. The number of aliphatic hydroxyl groups is 1. The molecule has 0 spiro atoms. The molecule has 1 saturated carbocycles. The highest BCUT2D eigenvalue weighted by Crippen LogP contribution is 2.28. The van der Waals surface area contributed by atoms with E-state index in [1.165, 1.54) is 0 Å². The minimum Gasteiger partial charge on any atom is -0.395 e. The summed E-state index contributed by atoms with van der Waals surface area (Å²) in [7, 11) is 0. The Morgan fingerprint density at radius 1 is 1.61 bits per heavy atom. The van der Waals surface area contributed by atoms with E-state index in [1.54, 1.807) is 11.1 Å². The Kier molecular flexibility index (Phi) is 3.71. The molecule has 1 aromatic heterocycles. The van der Waals surface area contributed by atoms with Gasteiger partial charge in [0.25, 0.3) is 5.91 Å². The maximum absolute atomic E-state index is 12.4. The van der Waals surface area contributed by atoms with Crippen LogP contribution in [0.5, 0.6) is 0 Å². The summed E-state index contributed by atoms with van der Waals surface area (Å²) in [6.07, 6.45) is 3.73. The molecule has 0 bridgehead atoms. The predicted octanol–water partition coefficient (Wildman–Crippen LogP) is 1.37. The Morgan fingerprint density at radius 3 is 2.72 bits per heavy atom. The highest BCUT2D eigenvalue weighted by atomic mass is 16.3. The zero-order chi connectivity index (χ0) is 13.3. The monoisotopic (exact) mass is 251 g/mol. The van der Waals surface area contributed by atoms with E-state index in [0.29, 0.717) is 18.2 Å². The molecule has 0 aliphatic heterocycles. The first kappa shape index (κ1) is 13.1. The van der Waals surface area contributed by atoms with Gasteiger partial charge in [-0.2, -0.15) is 5.10 Å². The van der Waals surface area contributed by atoms with Gasteiger partial charge < -0.3 is 10.0 Å². The number of rotatable bonds is 5. The molecule has 1 fully saturated rings. The predicted molar refractivity (Wildman–Crippen MR) is 68.5 cm³/mol. The van der Waals surface area contributed by atoms with E-state index in [1.807, 2.05) is 25.5 Å². The number of hydrogen-bond acceptors (Lipinski definition) is 3. The lowest BCUT2D eigenvalue weighted by molar-refractivity contribution is 0.0706. The van der Waals surface area contributed by atoms with E-state index in [2.05, 4.69) is 5.10 Å². The molecule has 0 atom stereocenters. The van der Waals surface area contributed by atoms with Gasteiger partial charge in [0.2, 0.25) is 0 Å². The number of nitrogens with zero attached hydrogens (tertiary/aromatic N) is 3. The highest BCUT2D eigenvalue weighted by molar-refractivity contribution is 5.95. The van der Waals surface area contributed by atoms with Crippen molar-refractivity contribution in [2.45, 2.75) is 45.7 Å². The van der Waals surface area contributed by atoms with E-state index < -0.39 is 0 Å². The van der Waals surface area contributed by atoms with Crippen LogP contribution in [0.1, 0.15) is 48.8 Å². The van der Waals surface area contributed by atoms with Gasteiger partial charge in [-0.05, 0) is 33.6 Å². The topological polar surface area (TPSA) is 58.4 Å². The van der Waals surface area contributed by atoms with E-state index in [-0.39, 0.29) is 18.6 Å². The van der Waals surface area contributed by atoms with Crippen molar-refractivity contribution in [2.75, 3.05) is 13.2 Å². The molecule has 5 nitrogen and oxygen atoms in total. The maximum atomic E-state index is 12.4. The van der Waals surface area contributed by atoms with Crippen molar-refractivity contribution in [1.29, 1.82) is 0 Å². The van der Waals surface area contributed by atoms with Gasteiger partial charge in [0.15, 0.2) is 0 Å². The zero-order valence-corrected chi connectivity index (χ0v) is 11.3. The summed E-state index contributed by atoms with van der Waals surface area (Å²) in [6.45, 7) is 6.43. The van der Waals surface area contributed by atoms with E-state index in [9.17, 15) is 4.79 Å². The standard InChI is InChI=1S/C13H21N3O2/c1-9(2)16-10(3)12(8-14-16)13(18)15(6-7-17)11-4-5-11/h8-9,11,17H,4-7H2,1-3H3. The summed E-state index contributed by atoms with van der Waals surface area (Å²) in [5.41, 5.74) is 1.56. The van der Waals surface area contributed by atoms with Gasteiger partial charge in [-0.1, -0.05) is 0 Å². The fraction of sp³-hybridized carbons (Fsp3) is 0.692. The Labute approximate surface area is 107 Å². The van der Waals surface area contributed by atoms with Crippen LogP contribution in [0.4, 0.5) is 0 Å². The van der Waals surface area contributed by atoms with E-state index in [4.69, 9.17) is 5.11 Å². The van der Waals surface area contributed by atoms with Crippen LogP contribution in [0.25, 0.3) is 0 Å². The van der Waals surface area contributed by atoms with Gasteiger partial charge in [0.05, 0.1) is 18.4 Å². The van der Waals surface area contributed by atoms with Crippen molar-refractivity contribution >= 4 is 5.91 Å². The second kappa shape index (κ2) is 5.10. The molecular weight excluding hydrogens is 230 g/mol. The summed E-state index contributed by atoms with van der Waals surface area (Å²) in [5.74, 6) is -0.00375. The van der Waals surface area contributed by atoms with Crippen molar-refractivity contribution in [1.82, 2.24) is 14.7 Å². The Balaban J connectivity index is 2.21. The lowest BCUT2D eigenvalue weighted by Crippen LogP contribution is -2.35. The number of amides is 1. The van der Waals surface area contributed by atoms with Crippen molar-refractivity contribution in [2.24, 2.45) is 0 Å². The van der Waals surface area contributed by atoms with Crippen LogP contribution in [-0.2, 0) is 0 Å². The molecule has 1 aliphatic carbocycles. The third kappa shape index (κ3) is 2.41. The minimum atomic E-state index is -0.00375. The molecule has 0 aromatic carbocycles. The summed E-state index contributed by atoms with van der Waals surface area (Å²) in [6, 6.07) is 0.560. The lowest BCUT2D eigenvalue weighted by Gasteiger charge is -2.21. The van der Waals surface area contributed by atoms with Crippen LogP contribution in [0.15, 0.2) is 6.20 Å². The van der Waals surface area contributed by atoms with Crippen LogP contribution in [0.2, 0.25) is 0 Å². The first-order chi connectivity index (χ1) is 8.56. The number of hydrogen-bond donors (Lipinski definition) is 1.